The molecule has 0 radical (unpaired) electrons. The number of nitrogen functional groups attached to an aromatic ring is 2. The van der Waals surface area contributed by atoms with Crippen LogP contribution >= 0.6 is 0 Å². The van der Waals surface area contributed by atoms with Crippen LogP contribution < -0.4 is 21.3 Å². The summed E-state index contributed by atoms with van der Waals surface area (Å²) >= 11 is 0. The Hall–Kier alpha value is -6.08. The Morgan fingerprint density at radius 3 is 0.857 bits per heavy atom. The number of benzene rings is 4. The van der Waals surface area contributed by atoms with Crippen LogP contribution in [0.3, 0.4) is 0 Å². The molecule has 2 heterocycles. The third-order valence-electron chi connectivity index (χ3n) is 9.98. The van der Waals surface area contributed by atoms with E-state index in [0.717, 1.165) is 24.3 Å². The lowest BCUT2D eigenvalue weighted by Gasteiger charge is -2.36. The first-order chi connectivity index (χ1) is 25.8. The van der Waals surface area contributed by atoms with Crippen molar-refractivity contribution in [2.45, 2.75) is 24.7 Å². The number of alkyl halides is 12. The van der Waals surface area contributed by atoms with Gasteiger partial charge in [-0.25, -0.2) is 9.80 Å². The third-order valence-corrected chi connectivity index (χ3v) is 9.98. The first kappa shape index (κ1) is 38.2. The van der Waals surface area contributed by atoms with E-state index in [9.17, 15) is 71.9 Å². The number of rotatable bonds is 4. The molecule has 1 aliphatic carbocycles. The second-order valence-corrected chi connectivity index (χ2v) is 13.2. The molecule has 0 aromatic heterocycles. The molecule has 7 rings (SSSR count). The summed E-state index contributed by atoms with van der Waals surface area (Å²) in [6.07, 6.45) is -21.0. The molecule has 20 heteroatoms. The molecule has 0 bridgehead atoms. The molecule has 8 nitrogen and oxygen atoms in total. The predicted octanol–water partition coefficient (Wildman–Crippen LogP) is 8.19. The molecule has 0 unspecified atom stereocenters. The Bertz CT molecular complexity index is 2170. The Kier molecular flexibility index (Phi) is 8.33. The minimum Gasteiger partial charge on any atom is -0.399 e. The van der Waals surface area contributed by atoms with E-state index in [0.29, 0.717) is 36.4 Å². The smallest absolute Gasteiger partial charge is 0.399 e. The minimum atomic E-state index is -5.35. The van der Waals surface area contributed by atoms with Crippen LogP contribution in [0.1, 0.15) is 22.3 Å². The van der Waals surface area contributed by atoms with Gasteiger partial charge in [0.1, 0.15) is 0 Å². The fraction of sp³-hybridized carbons (Fsp3) is 0.222. The Morgan fingerprint density at radius 1 is 0.375 bits per heavy atom. The number of carbonyl (C=O) groups is 4. The lowest BCUT2D eigenvalue weighted by atomic mass is 9.59. The van der Waals surface area contributed by atoms with Crippen molar-refractivity contribution >= 4 is 46.4 Å². The average Bonchev–Trinajstić information content (AvgIpc) is 3.40. The molecule has 4 aromatic rings. The quantitative estimate of drug-likeness (QED) is 0.122. The molecular formula is C36H20F12N4O4. The highest BCUT2D eigenvalue weighted by molar-refractivity contribution is 6.32. The lowest BCUT2D eigenvalue weighted by Crippen LogP contribution is -2.50. The van der Waals surface area contributed by atoms with E-state index in [1.54, 1.807) is 0 Å². The van der Waals surface area contributed by atoms with Crippen LogP contribution in [0.2, 0.25) is 0 Å². The Morgan fingerprint density at radius 2 is 0.607 bits per heavy atom. The van der Waals surface area contributed by atoms with Gasteiger partial charge in [0.15, 0.2) is 0 Å². The van der Waals surface area contributed by atoms with Crippen molar-refractivity contribution in [2.75, 3.05) is 21.3 Å². The fourth-order valence-corrected chi connectivity index (χ4v) is 7.64. The van der Waals surface area contributed by atoms with E-state index in [-0.39, 0.29) is 21.9 Å². The second-order valence-electron chi connectivity index (χ2n) is 13.2. The monoisotopic (exact) mass is 800 g/mol. The standard InChI is InChI=1S/C36H20F12N4O4/c37-33(38,39)21-9-13(49)1-5-17(21)19-7-3-15(11-23(19)35(43,44)45)51-29(53)25-26(30(51)54)28-27(25)31(55)52(32(28)56)16-4-8-20(24(12-16)36(46,47)48)18-6-2-14(50)10-22(18)34(40,41)42/h1-12,25-28H,49-50H2. The highest BCUT2D eigenvalue weighted by Crippen LogP contribution is 2.58. The van der Waals surface area contributed by atoms with Gasteiger partial charge < -0.3 is 11.5 Å². The van der Waals surface area contributed by atoms with Gasteiger partial charge in [0, 0.05) is 11.4 Å². The van der Waals surface area contributed by atoms with Crippen molar-refractivity contribution in [3.63, 3.8) is 0 Å². The largest absolute Gasteiger partial charge is 0.417 e. The Labute approximate surface area is 305 Å². The average molecular weight is 801 g/mol. The van der Waals surface area contributed by atoms with Gasteiger partial charge in [-0.2, -0.15) is 52.7 Å². The number of hydrogen-bond donors (Lipinski definition) is 2. The topological polar surface area (TPSA) is 127 Å². The van der Waals surface area contributed by atoms with Crippen LogP contribution in [0.5, 0.6) is 0 Å². The fourth-order valence-electron chi connectivity index (χ4n) is 7.64. The third kappa shape index (κ3) is 5.88. The number of halogens is 12. The highest BCUT2D eigenvalue weighted by Gasteiger charge is 2.73. The van der Waals surface area contributed by atoms with Crippen molar-refractivity contribution in [2.24, 2.45) is 23.7 Å². The zero-order valence-corrected chi connectivity index (χ0v) is 27.5. The number of anilines is 4. The molecule has 0 spiro atoms. The van der Waals surface area contributed by atoms with Gasteiger partial charge >= 0.3 is 24.7 Å². The molecule has 292 valence electrons. The van der Waals surface area contributed by atoms with Gasteiger partial charge in [-0.1, -0.05) is 24.3 Å². The molecule has 4 N–H and O–H groups in total. The number of nitrogens with two attached hydrogens (primary N) is 2. The number of fused-ring (bicyclic) bond motifs is 4. The van der Waals surface area contributed by atoms with Crippen molar-refractivity contribution in [1.29, 1.82) is 0 Å². The van der Waals surface area contributed by atoms with Crippen molar-refractivity contribution in [3.05, 3.63) is 95.1 Å². The molecule has 4 aromatic carbocycles. The second kappa shape index (κ2) is 12.2. The van der Waals surface area contributed by atoms with Gasteiger partial charge in [-0.15, -0.1) is 0 Å². The van der Waals surface area contributed by atoms with Gasteiger partial charge in [0.05, 0.1) is 57.3 Å². The van der Waals surface area contributed by atoms with Crippen molar-refractivity contribution in [1.82, 2.24) is 0 Å². The highest BCUT2D eigenvalue weighted by atomic mass is 19.4. The van der Waals surface area contributed by atoms with Gasteiger partial charge in [-0.3, -0.25) is 19.2 Å². The first-order valence-electron chi connectivity index (χ1n) is 15.9. The molecule has 3 aliphatic rings. The summed E-state index contributed by atoms with van der Waals surface area (Å²) in [5.41, 5.74) is -1.66. The zero-order valence-electron chi connectivity index (χ0n) is 27.5. The van der Waals surface area contributed by atoms with E-state index in [4.69, 9.17) is 11.5 Å². The van der Waals surface area contributed by atoms with Crippen molar-refractivity contribution in [3.8, 4) is 22.3 Å². The summed E-state index contributed by atoms with van der Waals surface area (Å²) in [5, 5.41) is 0. The minimum absolute atomic E-state index is 0.254. The SMILES string of the molecule is Nc1ccc(-c2ccc(N3C(=O)C4C(C3=O)C3C(=O)N(c5ccc(-c6ccc(N)cc6C(F)(F)F)c(C(F)(F)F)c5)C(=O)C43)cc2C(F)(F)F)c(C(F)(F)F)c1. The maximum atomic E-state index is 14.4. The van der Waals surface area contributed by atoms with E-state index in [2.05, 4.69) is 0 Å². The van der Waals surface area contributed by atoms with Crippen LogP contribution in [0, 0.1) is 23.7 Å². The van der Waals surface area contributed by atoms with E-state index in [1.165, 1.54) is 0 Å². The van der Waals surface area contributed by atoms with Crippen molar-refractivity contribution < 1.29 is 71.9 Å². The predicted molar refractivity (Wildman–Crippen MR) is 172 cm³/mol. The molecule has 56 heavy (non-hydrogen) atoms. The maximum absolute atomic E-state index is 14.4. The number of imide groups is 2. The van der Waals surface area contributed by atoms with Crippen LogP contribution in [-0.2, 0) is 43.9 Å². The van der Waals surface area contributed by atoms with Gasteiger partial charge in [0.2, 0.25) is 23.6 Å². The molecular weight excluding hydrogens is 780 g/mol. The normalized spacial score (nSPS) is 21.4. The van der Waals surface area contributed by atoms with Gasteiger partial charge in [-0.05, 0) is 70.8 Å². The molecule has 0 atom stereocenters. The summed E-state index contributed by atoms with van der Waals surface area (Å²) in [6, 6.07) is 7.36. The molecule has 4 amide bonds. The summed E-state index contributed by atoms with van der Waals surface area (Å²) < 4.78 is 169. The van der Waals surface area contributed by atoms with Crippen LogP contribution in [0.15, 0.2) is 72.8 Å². The maximum Gasteiger partial charge on any atom is 0.417 e. The molecule has 2 saturated heterocycles. The summed E-state index contributed by atoms with van der Waals surface area (Å²) in [5.74, 6) is -11.7. The number of amides is 4. The number of nitrogens with zero attached hydrogens (tertiary/aromatic N) is 2. The summed E-state index contributed by atoms with van der Waals surface area (Å²) in [4.78, 5) is 54.9. The van der Waals surface area contributed by atoms with Gasteiger partial charge in [0.25, 0.3) is 0 Å². The lowest BCUT2D eigenvalue weighted by molar-refractivity contribution is -0.146. The van der Waals surface area contributed by atoms with E-state index >= 15 is 0 Å². The molecule has 3 fully saturated rings. The number of hydrogen-bond acceptors (Lipinski definition) is 6. The van der Waals surface area contributed by atoms with Crippen LogP contribution in [0.25, 0.3) is 22.3 Å². The molecule has 1 saturated carbocycles. The molecule has 2 aliphatic heterocycles. The summed E-state index contributed by atoms with van der Waals surface area (Å²) in [7, 11) is 0. The van der Waals surface area contributed by atoms with Crippen LogP contribution in [-0.4, -0.2) is 23.6 Å². The van der Waals surface area contributed by atoms with Crippen LogP contribution in [0.4, 0.5) is 75.4 Å². The Balaban J connectivity index is 1.23. The summed E-state index contributed by atoms with van der Waals surface area (Å²) in [6.45, 7) is 0. The van der Waals surface area contributed by atoms with E-state index in [1.807, 2.05) is 0 Å². The first-order valence-corrected chi connectivity index (χ1v) is 15.9. The number of carbonyl (C=O) groups excluding carboxylic acids is 4. The van der Waals surface area contributed by atoms with E-state index < -0.39 is 139 Å². The zero-order chi connectivity index (χ0) is 41.2.